The minimum absolute atomic E-state index is 0.0779. The average Bonchev–Trinajstić information content (AvgIpc) is 2.44. The first-order chi connectivity index (χ1) is 10.0. The van der Waals surface area contributed by atoms with Gasteiger partial charge in [0.05, 0.1) is 0 Å². The number of carbonyl (C=O) groups excluding carboxylic acids is 1. The van der Waals surface area contributed by atoms with Crippen LogP contribution >= 0.6 is 0 Å². The summed E-state index contributed by atoms with van der Waals surface area (Å²) in [4.78, 5) is 12.5. The summed E-state index contributed by atoms with van der Waals surface area (Å²) in [6.07, 6.45) is 9.18. The first-order valence-corrected chi connectivity index (χ1v) is 7.87. The van der Waals surface area contributed by atoms with Crippen LogP contribution in [0.15, 0.2) is 29.5 Å². The fraction of sp³-hybridized carbons (Fsp3) is 0.421. The lowest BCUT2D eigenvalue weighted by atomic mass is 9.73. The number of nitrogens with one attached hydrogen (secondary N) is 1. The van der Waals surface area contributed by atoms with Crippen molar-refractivity contribution in [2.75, 3.05) is 5.32 Å². The molecule has 0 radical (unpaired) electrons. The second kappa shape index (κ2) is 4.33. The minimum atomic E-state index is 0.0779. The van der Waals surface area contributed by atoms with Crippen molar-refractivity contribution in [2.24, 2.45) is 5.41 Å². The second-order valence-electron chi connectivity index (χ2n) is 7.31. The highest BCUT2D eigenvalue weighted by Gasteiger charge is 2.35. The quantitative estimate of drug-likeness (QED) is 0.769. The molecule has 21 heavy (non-hydrogen) atoms. The number of ketones is 1. The van der Waals surface area contributed by atoms with Crippen LogP contribution in [0.25, 0.3) is 6.08 Å². The van der Waals surface area contributed by atoms with E-state index in [2.05, 4.69) is 43.4 Å². The molecule has 0 amide bonds. The van der Waals surface area contributed by atoms with E-state index in [4.69, 9.17) is 0 Å². The number of hydrogen-bond donors (Lipinski definition) is 1. The molecule has 1 aliphatic heterocycles. The highest BCUT2D eigenvalue weighted by atomic mass is 16.1. The number of Topliss-reactive ketones (excluding diaryl/α,β-unsaturated/α-hetero) is 1. The number of rotatable bonds is 0. The van der Waals surface area contributed by atoms with Crippen molar-refractivity contribution in [1.82, 2.24) is 0 Å². The Kier molecular flexibility index (Phi) is 2.66. The molecule has 3 aliphatic rings. The predicted molar refractivity (Wildman–Crippen MR) is 86.2 cm³/mol. The number of allylic oxidation sites excluding steroid dienone is 3. The summed E-state index contributed by atoms with van der Waals surface area (Å²) in [5.41, 5.74) is 7.53. The van der Waals surface area contributed by atoms with Crippen LogP contribution in [0.5, 0.6) is 0 Å². The number of carbonyl (C=O) groups is 1. The third-order valence-corrected chi connectivity index (χ3v) is 4.95. The molecule has 0 saturated heterocycles. The zero-order valence-electron chi connectivity index (χ0n) is 12.8. The Morgan fingerprint density at radius 3 is 2.90 bits per heavy atom. The molecule has 108 valence electrons. The van der Waals surface area contributed by atoms with Gasteiger partial charge in [0.2, 0.25) is 0 Å². The Labute approximate surface area is 125 Å². The van der Waals surface area contributed by atoms with E-state index in [9.17, 15) is 4.79 Å². The molecule has 0 bridgehead atoms. The van der Waals surface area contributed by atoms with Gasteiger partial charge in [0.1, 0.15) is 0 Å². The molecular formula is C19H21NO. The third kappa shape index (κ3) is 2.05. The summed E-state index contributed by atoms with van der Waals surface area (Å²) in [5, 5.41) is 3.56. The average molecular weight is 279 g/mol. The van der Waals surface area contributed by atoms with Crippen LogP contribution in [0.4, 0.5) is 5.69 Å². The summed E-state index contributed by atoms with van der Waals surface area (Å²) in [7, 11) is 0. The summed E-state index contributed by atoms with van der Waals surface area (Å²) in [5.74, 6) is 0.330. The van der Waals surface area contributed by atoms with Gasteiger partial charge in [-0.25, -0.2) is 0 Å². The maximum Gasteiger partial charge on any atom is 0.161 e. The first kappa shape index (κ1) is 12.9. The topological polar surface area (TPSA) is 29.1 Å². The number of anilines is 1. The zero-order chi connectivity index (χ0) is 14.6. The molecule has 1 aromatic carbocycles. The van der Waals surface area contributed by atoms with Gasteiger partial charge in [0.15, 0.2) is 5.78 Å². The van der Waals surface area contributed by atoms with E-state index in [-0.39, 0.29) is 5.41 Å². The Hall–Kier alpha value is -1.83. The van der Waals surface area contributed by atoms with E-state index in [1.54, 1.807) is 0 Å². The summed E-state index contributed by atoms with van der Waals surface area (Å²) >= 11 is 0. The first-order valence-electron chi connectivity index (χ1n) is 7.87. The number of fused-ring (bicyclic) bond motifs is 3. The van der Waals surface area contributed by atoms with Crippen molar-refractivity contribution < 1.29 is 4.79 Å². The normalized spacial score (nSPS) is 22.3. The molecule has 1 heterocycles. The van der Waals surface area contributed by atoms with E-state index in [0.717, 1.165) is 37.0 Å². The second-order valence-corrected chi connectivity index (χ2v) is 7.31. The molecule has 0 spiro atoms. The van der Waals surface area contributed by atoms with Crippen LogP contribution in [0.3, 0.4) is 0 Å². The molecule has 2 heteroatoms. The molecule has 2 nitrogen and oxygen atoms in total. The van der Waals surface area contributed by atoms with Gasteiger partial charge < -0.3 is 5.32 Å². The number of hydrogen-bond acceptors (Lipinski definition) is 2. The van der Waals surface area contributed by atoms with Gasteiger partial charge in [-0.15, -0.1) is 0 Å². The Morgan fingerprint density at radius 1 is 1.19 bits per heavy atom. The van der Waals surface area contributed by atoms with E-state index in [1.807, 2.05) is 0 Å². The lowest BCUT2D eigenvalue weighted by Gasteiger charge is -2.36. The van der Waals surface area contributed by atoms with Crippen molar-refractivity contribution in [2.45, 2.75) is 46.0 Å². The maximum absolute atomic E-state index is 12.5. The Bertz CT molecular complexity index is 707. The SMILES string of the molecule is CC1(C)CC(=O)C2=C(C1)Nc1ccc3c(c1C2)C=CCC3. The summed E-state index contributed by atoms with van der Waals surface area (Å²) in [6, 6.07) is 4.44. The van der Waals surface area contributed by atoms with Crippen LogP contribution in [-0.4, -0.2) is 5.78 Å². The van der Waals surface area contributed by atoms with Gasteiger partial charge in [-0.05, 0) is 47.4 Å². The van der Waals surface area contributed by atoms with Gasteiger partial charge in [-0.2, -0.15) is 0 Å². The molecular weight excluding hydrogens is 258 g/mol. The van der Waals surface area contributed by atoms with Crippen LogP contribution in [-0.2, 0) is 17.6 Å². The molecule has 2 aliphatic carbocycles. The minimum Gasteiger partial charge on any atom is -0.358 e. The van der Waals surface area contributed by atoms with E-state index < -0.39 is 0 Å². The third-order valence-electron chi connectivity index (χ3n) is 4.95. The molecule has 1 N–H and O–H groups in total. The monoisotopic (exact) mass is 279 g/mol. The predicted octanol–water partition coefficient (Wildman–Crippen LogP) is 4.26. The molecule has 0 atom stereocenters. The lowest BCUT2D eigenvalue weighted by molar-refractivity contribution is -0.118. The molecule has 0 unspecified atom stereocenters. The van der Waals surface area contributed by atoms with Crippen molar-refractivity contribution in [3.05, 3.63) is 46.2 Å². The highest BCUT2D eigenvalue weighted by Crippen LogP contribution is 2.43. The van der Waals surface area contributed by atoms with Gasteiger partial charge in [0.25, 0.3) is 0 Å². The summed E-state index contributed by atoms with van der Waals surface area (Å²) in [6.45, 7) is 4.36. The standard InChI is InChI=1S/C19H21NO/c1-19(2)10-17-15(18(21)11-19)9-14-13-6-4-3-5-12(13)7-8-16(14)20-17/h4,6-8,20H,3,5,9-11H2,1-2H3. The van der Waals surface area contributed by atoms with Crippen LogP contribution in [0.1, 0.15) is 49.8 Å². The number of aryl methyl sites for hydroxylation is 1. The van der Waals surface area contributed by atoms with Crippen LogP contribution < -0.4 is 5.32 Å². The molecule has 4 rings (SSSR count). The van der Waals surface area contributed by atoms with Crippen molar-refractivity contribution in [3.63, 3.8) is 0 Å². The van der Waals surface area contributed by atoms with Crippen molar-refractivity contribution >= 4 is 17.5 Å². The van der Waals surface area contributed by atoms with E-state index >= 15 is 0 Å². The molecule has 0 fully saturated rings. The number of benzene rings is 1. The van der Waals surface area contributed by atoms with E-state index in [1.165, 1.54) is 22.4 Å². The molecule has 1 aromatic rings. The van der Waals surface area contributed by atoms with Crippen LogP contribution in [0.2, 0.25) is 0 Å². The molecule has 0 saturated carbocycles. The van der Waals surface area contributed by atoms with E-state index in [0.29, 0.717) is 12.2 Å². The Balaban J connectivity index is 1.80. The highest BCUT2D eigenvalue weighted by molar-refractivity contribution is 6.00. The molecule has 0 aromatic heterocycles. The fourth-order valence-corrected chi connectivity index (χ4v) is 3.91. The Morgan fingerprint density at radius 2 is 2.05 bits per heavy atom. The smallest absolute Gasteiger partial charge is 0.161 e. The van der Waals surface area contributed by atoms with Crippen LogP contribution in [0, 0.1) is 5.41 Å². The van der Waals surface area contributed by atoms with Gasteiger partial charge in [-0.3, -0.25) is 4.79 Å². The lowest BCUT2D eigenvalue weighted by Crippen LogP contribution is -2.31. The van der Waals surface area contributed by atoms with Crippen molar-refractivity contribution in [1.29, 1.82) is 0 Å². The fourth-order valence-electron chi connectivity index (χ4n) is 3.91. The summed E-state index contributed by atoms with van der Waals surface area (Å²) < 4.78 is 0. The maximum atomic E-state index is 12.5. The van der Waals surface area contributed by atoms with Gasteiger partial charge >= 0.3 is 0 Å². The largest absolute Gasteiger partial charge is 0.358 e. The van der Waals surface area contributed by atoms with Gasteiger partial charge in [0, 0.05) is 29.8 Å². The zero-order valence-corrected chi connectivity index (χ0v) is 12.8. The van der Waals surface area contributed by atoms with Gasteiger partial charge in [-0.1, -0.05) is 32.1 Å². The van der Waals surface area contributed by atoms with Crippen molar-refractivity contribution in [3.8, 4) is 0 Å².